The predicted molar refractivity (Wildman–Crippen MR) is 70.2 cm³/mol. The van der Waals surface area contributed by atoms with Gasteiger partial charge >= 0.3 is 0 Å². The van der Waals surface area contributed by atoms with Crippen molar-refractivity contribution in [3.63, 3.8) is 0 Å². The van der Waals surface area contributed by atoms with Crippen LogP contribution in [0.2, 0.25) is 0 Å². The molecule has 0 aliphatic heterocycles. The number of hydrogen-bond acceptors (Lipinski definition) is 6. The number of nitro benzene ring substituents is 1. The van der Waals surface area contributed by atoms with Crippen LogP contribution in [0.1, 0.15) is 5.56 Å². The van der Waals surface area contributed by atoms with Gasteiger partial charge in [0.15, 0.2) is 0 Å². The van der Waals surface area contributed by atoms with E-state index in [-0.39, 0.29) is 17.9 Å². The number of ether oxygens (including phenoxy) is 1. The molecule has 0 spiro atoms. The molecular formula is C12H18N2O5. The quantitative estimate of drug-likeness (QED) is 0.528. The number of anilines is 1. The van der Waals surface area contributed by atoms with Gasteiger partial charge in [-0.3, -0.25) is 10.1 Å². The summed E-state index contributed by atoms with van der Waals surface area (Å²) in [5.41, 5.74) is 0.852. The standard InChI is InChI=1S/C12H18N2O5/c1-19-7-5-13(4-6-15)11-2-3-12(14(17)18)10(8-11)9-16/h2-3,8,15-16H,4-7,9H2,1H3. The summed E-state index contributed by atoms with van der Waals surface area (Å²) in [5.74, 6) is 0. The summed E-state index contributed by atoms with van der Waals surface area (Å²) in [6, 6.07) is 4.52. The van der Waals surface area contributed by atoms with E-state index in [9.17, 15) is 15.2 Å². The van der Waals surface area contributed by atoms with Crippen LogP contribution in [0.5, 0.6) is 0 Å². The van der Waals surface area contributed by atoms with E-state index in [0.717, 1.165) is 0 Å². The van der Waals surface area contributed by atoms with Crippen LogP contribution in [-0.4, -0.2) is 48.5 Å². The number of hydrogen-bond donors (Lipinski definition) is 2. The molecule has 0 radical (unpaired) electrons. The highest BCUT2D eigenvalue weighted by atomic mass is 16.6. The van der Waals surface area contributed by atoms with Gasteiger partial charge in [0.1, 0.15) is 0 Å². The van der Waals surface area contributed by atoms with Crippen molar-refractivity contribution in [1.82, 2.24) is 0 Å². The third-order valence-corrected chi connectivity index (χ3v) is 2.73. The fraction of sp³-hybridized carbons (Fsp3) is 0.500. The molecule has 0 heterocycles. The third-order valence-electron chi connectivity index (χ3n) is 2.73. The molecule has 19 heavy (non-hydrogen) atoms. The Kier molecular flexibility index (Phi) is 6.20. The average molecular weight is 270 g/mol. The second kappa shape index (κ2) is 7.67. The Hall–Kier alpha value is -1.70. The average Bonchev–Trinajstić information content (AvgIpc) is 2.42. The Morgan fingerprint density at radius 2 is 2.11 bits per heavy atom. The van der Waals surface area contributed by atoms with Gasteiger partial charge < -0.3 is 19.8 Å². The summed E-state index contributed by atoms with van der Waals surface area (Å²) < 4.78 is 4.98. The first-order valence-corrected chi connectivity index (χ1v) is 5.87. The van der Waals surface area contributed by atoms with E-state index in [4.69, 9.17) is 9.84 Å². The zero-order valence-corrected chi connectivity index (χ0v) is 10.8. The van der Waals surface area contributed by atoms with Gasteiger partial charge in [-0.1, -0.05) is 0 Å². The molecule has 0 amide bonds. The zero-order chi connectivity index (χ0) is 14.3. The van der Waals surface area contributed by atoms with E-state index in [1.54, 1.807) is 19.2 Å². The Morgan fingerprint density at radius 3 is 2.63 bits per heavy atom. The molecule has 106 valence electrons. The van der Waals surface area contributed by atoms with Crippen LogP contribution >= 0.6 is 0 Å². The molecule has 1 aromatic carbocycles. The van der Waals surface area contributed by atoms with Crippen molar-refractivity contribution in [2.75, 3.05) is 38.3 Å². The highest BCUT2D eigenvalue weighted by Gasteiger charge is 2.15. The van der Waals surface area contributed by atoms with Crippen molar-refractivity contribution in [3.8, 4) is 0 Å². The van der Waals surface area contributed by atoms with Gasteiger partial charge in [0.2, 0.25) is 0 Å². The molecule has 0 bridgehead atoms. The lowest BCUT2D eigenvalue weighted by atomic mass is 10.1. The smallest absolute Gasteiger partial charge is 0.275 e. The minimum atomic E-state index is -0.527. The molecular weight excluding hydrogens is 252 g/mol. The molecule has 0 saturated heterocycles. The van der Waals surface area contributed by atoms with Crippen molar-refractivity contribution in [3.05, 3.63) is 33.9 Å². The maximum atomic E-state index is 10.8. The summed E-state index contributed by atoms with van der Waals surface area (Å²) in [6.45, 7) is 0.994. The van der Waals surface area contributed by atoms with Crippen LogP contribution < -0.4 is 4.90 Å². The van der Waals surface area contributed by atoms with Crippen LogP contribution in [0.25, 0.3) is 0 Å². The first-order chi connectivity index (χ1) is 9.13. The largest absolute Gasteiger partial charge is 0.395 e. The molecule has 0 fully saturated rings. The minimum Gasteiger partial charge on any atom is -0.395 e. The van der Waals surface area contributed by atoms with Crippen molar-refractivity contribution < 1.29 is 19.9 Å². The molecule has 7 heteroatoms. The second-order valence-electron chi connectivity index (χ2n) is 3.93. The van der Waals surface area contributed by atoms with Crippen LogP contribution in [0, 0.1) is 10.1 Å². The zero-order valence-electron chi connectivity index (χ0n) is 10.8. The van der Waals surface area contributed by atoms with Crippen LogP contribution in [0.4, 0.5) is 11.4 Å². The second-order valence-corrected chi connectivity index (χ2v) is 3.93. The van der Waals surface area contributed by atoms with E-state index < -0.39 is 11.5 Å². The van der Waals surface area contributed by atoms with Crippen LogP contribution in [0.15, 0.2) is 18.2 Å². The number of aliphatic hydroxyl groups excluding tert-OH is 2. The first-order valence-electron chi connectivity index (χ1n) is 5.87. The van der Waals surface area contributed by atoms with Crippen molar-refractivity contribution in [1.29, 1.82) is 0 Å². The summed E-state index contributed by atoms with van der Waals surface area (Å²) in [6.07, 6.45) is 0. The van der Waals surface area contributed by atoms with Crippen molar-refractivity contribution in [2.24, 2.45) is 0 Å². The molecule has 1 aromatic rings. The molecule has 0 aromatic heterocycles. The van der Waals surface area contributed by atoms with Crippen molar-refractivity contribution >= 4 is 11.4 Å². The number of nitro groups is 1. The van der Waals surface area contributed by atoms with Gasteiger partial charge in [-0.05, 0) is 12.1 Å². The van der Waals surface area contributed by atoms with Crippen LogP contribution in [-0.2, 0) is 11.3 Å². The van der Waals surface area contributed by atoms with Crippen LogP contribution in [0.3, 0.4) is 0 Å². The number of methoxy groups -OCH3 is 1. The van der Waals surface area contributed by atoms with E-state index in [1.807, 2.05) is 4.90 Å². The molecule has 7 nitrogen and oxygen atoms in total. The number of nitrogens with zero attached hydrogens (tertiary/aromatic N) is 2. The highest BCUT2D eigenvalue weighted by molar-refractivity contribution is 5.55. The Labute approximate surface area is 111 Å². The lowest BCUT2D eigenvalue weighted by molar-refractivity contribution is -0.385. The SMILES string of the molecule is COCCN(CCO)c1ccc([N+](=O)[O-])c(CO)c1. The van der Waals surface area contributed by atoms with Gasteiger partial charge in [-0.2, -0.15) is 0 Å². The van der Waals surface area contributed by atoms with Gasteiger partial charge in [0.25, 0.3) is 5.69 Å². The topological polar surface area (TPSA) is 96.1 Å². The van der Waals surface area contributed by atoms with Gasteiger partial charge in [-0.15, -0.1) is 0 Å². The molecule has 0 saturated carbocycles. The molecule has 0 unspecified atom stereocenters. The molecule has 0 aliphatic carbocycles. The molecule has 2 N–H and O–H groups in total. The first kappa shape index (κ1) is 15.4. The lowest BCUT2D eigenvalue weighted by Gasteiger charge is -2.24. The van der Waals surface area contributed by atoms with Gasteiger partial charge in [-0.25, -0.2) is 0 Å². The van der Waals surface area contributed by atoms with E-state index in [1.165, 1.54) is 6.07 Å². The van der Waals surface area contributed by atoms with E-state index in [0.29, 0.717) is 25.4 Å². The summed E-state index contributed by atoms with van der Waals surface area (Å²) >= 11 is 0. The Bertz CT molecular complexity index is 425. The van der Waals surface area contributed by atoms with Gasteiger partial charge in [0.05, 0.1) is 30.3 Å². The summed E-state index contributed by atoms with van der Waals surface area (Å²) in [5, 5.41) is 29.0. The molecule has 0 atom stereocenters. The normalized spacial score (nSPS) is 10.5. The van der Waals surface area contributed by atoms with Gasteiger partial charge in [0, 0.05) is 32.0 Å². The number of aliphatic hydroxyl groups is 2. The monoisotopic (exact) mass is 270 g/mol. The maximum Gasteiger partial charge on any atom is 0.275 e. The predicted octanol–water partition coefficient (Wildman–Crippen LogP) is 0.532. The molecule has 1 rings (SSSR count). The fourth-order valence-electron chi connectivity index (χ4n) is 1.77. The minimum absolute atomic E-state index is 0.0326. The Morgan fingerprint density at radius 1 is 1.37 bits per heavy atom. The summed E-state index contributed by atoms with van der Waals surface area (Å²) in [4.78, 5) is 12.1. The van der Waals surface area contributed by atoms with Crippen molar-refractivity contribution in [2.45, 2.75) is 6.61 Å². The fourth-order valence-corrected chi connectivity index (χ4v) is 1.77. The highest BCUT2D eigenvalue weighted by Crippen LogP contribution is 2.25. The number of benzene rings is 1. The maximum absolute atomic E-state index is 10.8. The third kappa shape index (κ3) is 4.16. The van der Waals surface area contributed by atoms with E-state index >= 15 is 0 Å². The number of rotatable bonds is 8. The van der Waals surface area contributed by atoms with E-state index in [2.05, 4.69) is 0 Å². The Balaban J connectivity index is 3.00. The summed E-state index contributed by atoms with van der Waals surface area (Å²) in [7, 11) is 1.58. The lowest BCUT2D eigenvalue weighted by Crippen LogP contribution is -2.30. The molecule has 0 aliphatic rings.